The summed E-state index contributed by atoms with van der Waals surface area (Å²) >= 11 is 5.92. The van der Waals surface area contributed by atoms with Gasteiger partial charge in [0, 0.05) is 31.6 Å². The Hall–Kier alpha value is -1.29. The molecule has 0 saturated carbocycles. The molecule has 0 radical (unpaired) electrons. The number of hydrogen-bond donors (Lipinski definition) is 0. The summed E-state index contributed by atoms with van der Waals surface area (Å²) in [6.07, 6.45) is 6.45. The molecule has 102 valence electrons. The normalized spacial score (nSPS) is 16.2. The van der Waals surface area contributed by atoms with Gasteiger partial charge >= 0.3 is 0 Å². The molecule has 2 aromatic rings. The van der Waals surface area contributed by atoms with Gasteiger partial charge in [0.15, 0.2) is 5.65 Å². The van der Waals surface area contributed by atoms with Gasteiger partial charge in [-0.1, -0.05) is 0 Å². The summed E-state index contributed by atoms with van der Waals surface area (Å²) in [7, 11) is 0. The van der Waals surface area contributed by atoms with Crippen LogP contribution in [0, 0.1) is 6.92 Å². The highest BCUT2D eigenvalue weighted by Crippen LogP contribution is 2.20. The zero-order valence-corrected chi connectivity index (χ0v) is 12.0. The van der Waals surface area contributed by atoms with Gasteiger partial charge in [-0.3, -0.25) is 0 Å². The van der Waals surface area contributed by atoms with Gasteiger partial charge in [0.1, 0.15) is 11.3 Å². The fraction of sp³-hybridized carbons (Fsp3) is 0.571. The van der Waals surface area contributed by atoms with E-state index < -0.39 is 0 Å². The van der Waals surface area contributed by atoms with Crippen molar-refractivity contribution in [2.45, 2.75) is 32.6 Å². The van der Waals surface area contributed by atoms with Crippen LogP contribution in [0.4, 0.5) is 0 Å². The van der Waals surface area contributed by atoms with E-state index in [1.54, 1.807) is 0 Å². The number of fused-ring (bicyclic) bond motifs is 1. The van der Waals surface area contributed by atoms with E-state index in [0.717, 1.165) is 36.5 Å². The van der Waals surface area contributed by atoms with Crippen LogP contribution in [0.1, 0.15) is 30.7 Å². The second-order valence-electron chi connectivity index (χ2n) is 5.09. The third-order valence-corrected chi connectivity index (χ3v) is 3.92. The van der Waals surface area contributed by atoms with Crippen LogP contribution in [-0.4, -0.2) is 33.6 Å². The van der Waals surface area contributed by atoms with Crippen molar-refractivity contribution in [2.75, 3.05) is 24.0 Å². The quantitative estimate of drug-likeness (QED) is 0.810. The Morgan fingerprint density at radius 3 is 2.79 bits per heavy atom. The summed E-state index contributed by atoms with van der Waals surface area (Å²) in [5.74, 6) is 1.63. The van der Waals surface area contributed by atoms with Crippen LogP contribution in [0.3, 0.4) is 0 Å². The lowest BCUT2D eigenvalue weighted by Crippen LogP contribution is -2.40. The Balaban J connectivity index is 2.13. The van der Waals surface area contributed by atoms with Crippen molar-refractivity contribution >= 4 is 22.8 Å². The van der Waals surface area contributed by atoms with Crippen LogP contribution in [0.2, 0.25) is 0 Å². The monoisotopic (exact) mass is 278 g/mol. The molecular weight excluding hydrogens is 260 g/mol. The predicted octanol–water partition coefficient (Wildman–Crippen LogP) is 2.64. The van der Waals surface area contributed by atoms with E-state index in [1.807, 2.05) is 12.3 Å². The highest BCUT2D eigenvalue weighted by atomic mass is 35.5. The number of rotatable bonds is 3. The molecule has 0 aromatic carbocycles. The number of aryl methyl sites for hydroxylation is 2. The molecule has 3 rings (SSSR count). The van der Waals surface area contributed by atoms with Gasteiger partial charge in [-0.15, -0.1) is 11.6 Å². The highest BCUT2D eigenvalue weighted by Gasteiger charge is 2.19. The fourth-order valence-corrected chi connectivity index (χ4v) is 2.92. The smallest absolute Gasteiger partial charge is 0.179 e. The topological polar surface area (TPSA) is 34.0 Å². The fourth-order valence-electron chi connectivity index (χ4n) is 2.75. The molecule has 19 heavy (non-hydrogen) atoms. The minimum Gasteiger partial charge on any atom is -0.310 e. The molecule has 1 saturated heterocycles. The molecule has 0 atom stereocenters. The number of halogens is 1. The van der Waals surface area contributed by atoms with E-state index in [1.165, 1.54) is 24.8 Å². The number of piperidine rings is 1. The summed E-state index contributed by atoms with van der Waals surface area (Å²) in [5, 5.41) is 2.37. The van der Waals surface area contributed by atoms with Crippen molar-refractivity contribution < 1.29 is 0 Å². The minimum absolute atomic E-state index is 0.593. The lowest BCUT2D eigenvalue weighted by molar-refractivity contribution is 0.474. The SMILES string of the molecule is Cc1ccnc2c1nc(CCCl)n2N1CCCCC1. The molecule has 0 unspecified atom stereocenters. The number of aromatic nitrogens is 3. The van der Waals surface area contributed by atoms with Gasteiger partial charge in [-0.05, 0) is 37.8 Å². The summed E-state index contributed by atoms with van der Waals surface area (Å²) in [5.41, 5.74) is 3.16. The van der Waals surface area contributed by atoms with E-state index in [2.05, 4.69) is 21.6 Å². The Kier molecular flexibility index (Phi) is 3.60. The maximum Gasteiger partial charge on any atom is 0.179 e. The van der Waals surface area contributed by atoms with Crippen molar-refractivity contribution in [3.8, 4) is 0 Å². The zero-order valence-electron chi connectivity index (χ0n) is 11.3. The summed E-state index contributed by atoms with van der Waals surface area (Å²) in [6.45, 7) is 4.24. The van der Waals surface area contributed by atoms with E-state index in [-0.39, 0.29) is 0 Å². The highest BCUT2D eigenvalue weighted by molar-refractivity contribution is 6.17. The molecule has 4 nitrogen and oxygen atoms in total. The van der Waals surface area contributed by atoms with E-state index in [9.17, 15) is 0 Å². The van der Waals surface area contributed by atoms with Gasteiger partial charge in [0.25, 0.3) is 0 Å². The van der Waals surface area contributed by atoms with Gasteiger partial charge in [-0.25, -0.2) is 14.6 Å². The lowest BCUT2D eigenvalue weighted by Gasteiger charge is -2.30. The maximum absolute atomic E-state index is 5.92. The molecule has 0 N–H and O–H groups in total. The van der Waals surface area contributed by atoms with E-state index in [0.29, 0.717) is 5.88 Å². The maximum atomic E-state index is 5.92. The Labute approximate surface area is 118 Å². The summed E-state index contributed by atoms with van der Waals surface area (Å²) < 4.78 is 2.20. The van der Waals surface area contributed by atoms with E-state index >= 15 is 0 Å². The lowest BCUT2D eigenvalue weighted by atomic mass is 10.2. The molecular formula is C14H19ClN4. The molecule has 0 bridgehead atoms. The van der Waals surface area contributed by atoms with Crippen LogP contribution < -0.4 is 5.01 Å². The second-order valence-corrected chi connectivity index (χ2v) is 5.47. The van der Waals surface area contributed by atoms with Crippen molar-refractivity contribution in [1.29, 1.82) is 0 Å². The zero-order chi connectivity index (χ0) is 13.2. The number of pyridine rings is 1. The average Bonchev–Trinajstić information content (AvgIpc) is 2.80. The van der Waals surface area contributed by atoms with Gasteiger partial charge in [-0.2, -0.15) is 0 Å². The first-order chi connectivity index (χ1) is 9.31. The molecule has 2 aromatic heterocycles. The van der Waals surface area contributed by atoms with Crippen LogP contribution in [-0.2, 0) is 6.42 Å². The number of imidazole rings is 1. The third kappa shape index (κ3) is 2.29. The molecule has 3 heterocycles. The third-order valence-electron chi connectivity index (χ3n) is 3.73. The molecule has 0 spiro atoms. The Morgan fingerprint density at radius 1 is 1.26 bits per heavy atom. The largest absolute Gasteiger partial charge is 0.310 e. The average molecular weight is 279 g/mol. The van der Waals surface area contributed by atoms with Gasteiger partial charge in [0.05, 0.1) is 0 Å². The predicted molar refractivity (Wildman–Crippen MR) is 78.5 cm³/mol. The Morgan fingerprint density at radius 2 is 2.05 bits per heavy atom. The number of alkyl halides is 1. The van der Waals surface area contributed by atoms with Gasteiger partial charge in [0.2, 0.25) is 0 Å². The second kappa shape index (κ2) is 5.37. The van der Waals surface area contributed by atoms with Crippen LogP contribution in [0.25, 0.3) is 11.2 Å². The molecule has 5 heteroatoms. The van der Waals surface area contributed by atoms with Crippen molar-refractivity contribution in [3.63, 3.8) is 0 Å². The van der Waals surface area contributed by atoms with E-state index in [4.69, 9.17) is 16.6 Å². The van der Waals surface area contributed by atoms with Crippen molar-refractivity contribution in [2.24, 2.45) is 0 Å². The van der Waals surface area contributed by atoms with Crippen LogP contribution >= 0.6 is 11.6 Å². The minimum atomic E-state index is 0.593. The molecule has 1 fully saturated rings. The van der Waals surface area contributed by atoms with Crippen LogP contribution in [0.15, 0.2) is 12.3 Å². The number of nitrogens with zero attached hydrogens (tertiary/aromatic N) is 4. The first-order valence-corrected chi connectivity index (χ1v) is 7.49. The number of hydrogen-bond acceptors (Lipinski definition) is 3. The van der Waals surface area contributed by atoms with Crippen molar-refractivity contribution in [3.05, 3.63) is 23.7 Å². The van der Waals surface area contributed by atoms with Crippen molar-refractivity contribution in [1.82, 2.24) is 14.6 Å². The first kappa shape index (κ1) is 12.7. The first-order valence-electron chi connectivity index (χ1n) is 6.95. The molecule has 1 aliphatic rings. The summed E-state index contributed by atoms with van der Waals surface area (Å²) in [4.78, 5) is 9.29. The molecule has 1 aliphatic heterocycles. The van der Waals surface area contributed by atoms with Gasteiger partial charge < -0.3 is 5.01 Å². The summed E-state index contributed by atoms with van der Waals surface area (Å²) in [6, 6.07) is 2.01. The Bertz CT molecular complexity index is 572. The molecule has 0 amide bonds. The molecule has 0 aliphatic carbocycles. The van der Waals surface area contributed by atoms with Crippen LogP contribution in [0.5, 0.6) is 0 Å². The standard InChI is InChI=1S/C14H19ClN4/c1-11-6-8-16-14-13(11)17-12(5-7-15)19(14)18-9-3-2-4-10-18/h6,8H,2-5,7,9-10H2,1H3.